The summed E-state index contributed by atoms with van der Waals surface area (Å²) in [6.45, 7) is 5.16. The number of aliphatic carboxylic acids is 1. The topological polar surface area (TPSA) is 49.8 Å². The van der Waals surface area contributed by atoms with Gasteiger partial charge in [-0.2, -0.15) is 0 Å². The molecule has 4 nitrogen and oxygen atoms in total. The highest BCUT2D eigenvalue weighted by atomic mass is 16.5. The van der Waals surface area contributed by atoms with E-state index in [0.29, 0.717) is 13.0 Å². The van der Waals surface area contributed by atoms with Crippen LogP contribution < -0.4 is 4.74 Å². The molecule has 1 aliphatic heterocycles. The van der Waals surface area contributed by atoms with Gasteiger partial charge in [-0.3, -0.25) is 9.69 Å². The minimum Gasteiger partial charge on any atom is -0.489 e. The number of ether oxygens (including phenoxy) is 1. The Balaban J connectivity index is 0.000000913. The number of terminal acetylenes is 1. The second kappa shape index (κ2) is 11.7. The molecule has 32 heavy (non-hydrogen) atoms. The molecule has 0 atom stereocenters. The summed E-state index contributed by atoms with van der Waals surface area (Å²) >= 11 is 0. The number of carboxylic acids is 1. The van der Waals surface area contributed by atoms with Gasteiger partial charge in [-0.05, 0) is 53.3 Å². The van der Waals surface area contributed by atoms with Crippen molar-refractivity contribution >= 4 is 5.97 Å². The highest BCUT2D eigenvalue weighted by molar-refractivity contribution is 5.67. The Morgan fingerprint density at radius 3 is 2.03 bits per heavy atom. The molecule has 3 aromatic rings. The van der Waals surface area contributed by atoms with E-state index < -0.39 is 5.97 Å². The summed E-state index contributed by atoms with van der Waals surface area (Å²) in [6, 6.07) is 24.9. The van der Waals surface area contributed by atoms with Crippen molar-refractivity contribution in [2.75, 3.05) is 0 Å². The van der Waals surface area contributed by atoms with Crippen LogP contribution >= 0.6 is 0 Å². The van der Waals surface area contributed by atoms with Crippen LogP contribution in [0.3, 0.4) is 0 Å². The molecule has 0 amide bonds. The maximum atomic E-state index is 10.6. The van der Waals surface area contributed by atoms with Gasteiger partial charge in [-0.15, -0.1) is 12.3 Å². The number of aryl methyl sites for hydroxylation is 1. The van der Waals surface area contributed by atoms with Crippen molar-refractivity contribution in [2.45, 2.75) is 46.0 Å². The summed E-state index contributed by atoms with van der Waals surface area (Å²) in [5.41, 5.74) is 6.32. The van der Waals surface area contributed by atoms with Gasteiger partial charge in [-0.25, -0.2) is 0 Å². The van der Waals surface area contributed by atoms with Gasteiger partial charge in [0.1, 0.15) is 12.4 Å². The number of nitrogens with zero attached hydrogens (tertiary/aromatic N) is 1. The number of fused-ring (bicyclic) bond motifs is 1. The molecular weight excluding hydrogens is 398 g/mol. The van der Waals surface area contributed by atoms with Crippen molar-refractivity contribution in [2.24, 2.45) is 0 Å². The van der Waals surface area contributed by atoms with Gasteiger partial charge in [0.2, 0.25) is 0 Å². The van der Waals surface area contributed by atoms with Crippen molar-refractivity contribution in [3.63, 3.8) is 0 Å². The maximum absolute atomic E-state index is 10.6. The molecule has 1 aliphatic rings. The Morgan fingerprint density at radius 2 is 1.47 bits per heavy atom. The standard InChI is InChI=1S/C25H25NO3.C3H4/c27-25(28)14-11-19-9-12-24(13-10-19)29-18-21-7-5-20(6-8-21)15-26-16-22-3-1-2-4-23(22)17-26;1-3-2/h1-10,12-13H,11,14-18H2,(H,27,28);1H,2H3. The van der Waals surface area contributed by atoms with Crippen LogP contribution in [0.5, 0.6) is 5.75 Å². The lowest BCUT2D eigenvalue weighted by Gasteiger charge is -2.15. The third kappa shape index (κ3) is 7.01. The molecule has 164 valence electrons. The van der Waals surface area contributed by atoms with Crippen LogP contribution in [-0.4, -0.2) is 16.0 Å². The first-order chi connectivity index (χ1) is 15.6. The van der Waals surface area contributed by atoms with Crippen LogP contribution in [0.2, 0.25) is 0 Å². The first kappa shape index (κ1) is 23.1. The molecule has 0 fully saturated rings. The van der Waals surface area contributed by atoms with Crippen LogP contribution in [0.1, 0.15) is 41.2 Å². The molecule has 0 aliphatic carbocycles. The van der Waals surface area contributed by atoms with Crippen molar-refractivity contribution in [3.8, 4) is 18.1 Å². The van der Waals surface area contributed by atoms with E-state index in [9.17, 15) is 4.79 Å². The van der Waals surface area contributed by atoms with Crippen LogP contribution in [-0.2, 0) is 37.5 Å². The average molecular weight is 428 g/mol. The summed E-state index contributed by atoms with van der Waals surface area (Å²) < 4.78 is 5.86. The van der Waals surface area contributed by atoms with Gasteiger partial charge >= 0.3 is 5.97 Å². The van der Waals surface area contributed by atoms with Crippen LogP contribution in [0.25, 0.3) is 0 Å². The first-order valence-corrected chi connectivity index (χ1v) is 10.7. The molecule has 1 heterocycles. The van der Waals surface area contributed by atoms with Gasteiger partial charge in [0, 0.05) is 26.1 Å². The summed E-state index contributed by atoms with van der Waals surface area (Å²) in [6.07, 6.45) is 5.29. The quantitative estimate of drug-likeness (QED) is 0.487. The zero-order valence-electron chi connectivity index (χ0n) is 18.5. The SMILES string of the molecule is C#CC.O=C(O)CCc1ccc(OCc2ccc(CN3Cc4ccccc4C3)cc2)cc1. The van der Waals surface area contributed by atoms with E-state index in [1.54, 1.807) is 6.92 Å². The van der Waals surface area contributed by atoms with Crippen molar-refractivity contribution < 1.29 is 14.6 Å². The average Bonchev–Trinajstić information content (AvgIpc) is 3.21. The zero-order chi connectivity index (χ0) is 22.8. The molecule has 0 bridgehead atoms. The number of rotatable bonds is 8. The smallest absolute Gasteiger partial charge is 0.303 e. The molecule has 4 heteroatoms. The predicted octanol–water partition coefficient (Wildman–Crippen LogP) is 5.44. The normalized spacial score (nSPS) is 12.2. The van der Waals surface area contributed by atoms with Crippen LogP contribution in [0.4, 0.5) is 0 Å². The highest BCUT2D eigenvalue weighted by Gasteiger charge is 2.17. The second-order valence-electron chi connectivity index (χ2n) is 7.85. The molecular formula is C28H29NO3. The van der Waals surface area contributed by atoms with Crippen molar-refractivity contribution in [1.29, 1.82) is 0 Å². The minimum absolute atomic E-state index is 0.149. The minimum atomic E-state index is -0.775. The number of hydrogen-bond acceptors (Lipinski definition) is 3. The van der Waals surface area contributed by atoms with Gasteiger partial charge < -0.3 is 9.84 Å². The van der Waals surface area contributed by atoms with Gasteiger partial charge in [0.05, 0.1) is 0 Å². The van der Waals surface area contributed by atoms with E-state index in [-0.39, 0.29) is 6.42 Å². The molecule has 3 aromatic carbocycles. The lowest BCUT2D eigenvalue weighted by atomic mass is 10.1. The Hall–Kier alpha value is -3.55. The number of carbonyl (C=O) groups is 1. The third-order valence-corrected chi connectivity index (χ3v) is 5.29. The maximum Gasteiger partial charge on any atom is 0.303 e. The Morgan fingerprint density at radius 1 is 0.938 bits per heavy atom. The van der Waals surface area contributed by atoms with Crippen LogP contribution in [0.15, 0.2) is 72.8 Å². The summed E-state index contributed by atoms with van der Waals surface area (Å²) in [5.74, 6) is 2.27. The number of hydrogen-bond donors (Lipinski definition) is 1. The lowest BCUT2D eigenvalue weighted by molar-refractivity contribution is -0.136. The van der Waals surface area contributed by atoms with Crippen molar-refractivity contribution in [3.05, 3.63) is 101 Å². The van der Waals surface area contributed by atoms with Gasteiger partial charge in [-0.1, -0.05) is 60.7 Å². The fraction of sp³-hybridized carbons (Fsp3) is 0.250. The molecule has 4 rings (SSSR count). The lowest BCUT2D eigenvalue weighted by Crippen LogP contribution is -2.15. The monoisotopic (exact) mass is 427 g/mol. The van der Waals surface area contributed by atoms with E-state index in [0.717, 1.165) is 36.5 Å². The van der Waals surface area contributed by atoms with E-state index in [4.69, 9.17) is 9.84 Å². The van der Waals surface area contributed by atoms with E-state index in [1.165, 1.54) is 16.7 Å². The molecule has 0 saturated heterocycles. The Kier molecular flexibility index (Phi) is 8.48. The number of carboxylic acid groups (broad SMARTS) is 1. The molecule has 0 saturated carbocycles. The predicted molar refractivity (Wildman–Crippen MR) is 127 cm³/mol. The van der Waals surface area contributed by atoms with E-state index >= 15 is 0 Å². The van der Waals surface area contributed by atoms with Gasteiger partial charge in [0.15, 0.2) is 0 Å². The summed E-state index contributed by atoms with van der Waals surface area (Å²) in [5, 5.41) is 8.75. The van der Waals surface area contributed by atoms with E-state index in [1.807, 2.05) is 24.3 Å². The molecule has 1 N–H and O–H groups in total. The largest absolute Gasteiger partial charge is 0.489 e. The zero-order valence-corrected chi connectivity index (χ0v) is 18.5. The fourth-order valence-corrected chi connectivity index (χ4v) is 3.68. The van der Waals surface area contributed by atoms with Crippen molar-refractivity contribution in [1.82, 2.24) is 4.90 Å². The molecule has 0 aromatic heterocycles. The second-order valence-corrected chi connectivity index (χ2v) is 7.85. The number of benzene rings is 3. The Bertz CT molecular complexity index is 1020. The first-order valence-electron chi connectivity index (χ1n) is 10.7. The fourth-order valence-electron chi connectivity index (χ4n) is 3.68. The molecule has 0 radical (unpaired) electrons. The molecule has 0 spiro atoms. The highest BCUT2D eigenvalue weighted by Crippen LogP contribution is 2.24. The van der Waals surface area contributed by atoms with Crippen LogP contribution in [0, 0.1) is 12.3 Å². The molecule has 0 unspecified atom stereocenters. The summed E-state index contributed by atoms with van der Waals surface area (Å²) in [4.78, 5) is 13.1. The summed E-state index contributed by atoms with van der Waals surface area (Å²) in [7, 11) is 0. The van der Waals surface area contributed by atoms with E-state index in [2.05, 4.69) is 65.8 Å². The van der Waals surface area contributed by atoms with Gasteiger partial charge in [0.25, 0.3) is 0 Å². The third-order valence-electron chi connectivity index (χ3n) is 5.29. The Labute approximate surface area is 190 Å².